The summed E-state index contributed by atoms with van der Waals surface area (Å²) in [5, 5.41) is 0. The van der Waals surface area contributed by atoms with E-state index in [-0.39, 0.29) is 6.04 Å². The Morgan fingerprint density at radius 3 is 2.56 bits per heavy atom. The molecule has 0 aromatic carbocycles. The van der Waals surface area contributed by atoms with Crippen LogP contribution in [0.1, 0.15) is 38.4 Å². The van der Waals surface area contributed by atoms with Crippen molar-refractivity contribution >= 4 is 31.9 Å². The lowest BCUT2D eigenvalue weighted by Gasteiger charge is -2.17. The molecule has 0 aliphatic heterocycles. The first kappa shape index (κ1) is 14.1. The molecule has 1 heterocycles. The van der Waals surface area contributed by atoms with Gasteiger partial charge in [-0.1, -0.05) is 13.8 Å². The Labute approximate surface area is 113 Å². The van der Waals surface area contributed by atoms with Crippen LogP contribution >= 0.6 is 31.9 Å². The first-order valence-corrected chi connectivity index (χ1v) is 6.90. The Kier molecular flexibility index (Phi) is 5.89. The number of hydrogen-bond donors (Lipinski definition) is 2. The SMILES string of the molecule is CC(C)CCC(NN)c1ncc(Br)cc1Br. The molecule has 0 saturated heterocycles. The van der Waals surface area contributed by atoms with Crippen LogP contribution in [0.15, 0.2) is 21.2 Å². The summed E-state index contributed by atoms with van der Waals surface area (Å²) < 4.78 is 1.94. The van der Waals surface area contributed by atoms with E-state index in [9.17, 15) is 0 Å². The number of nitrogens with one attached hydrogen (secondary N) is 1. The molecule has 0 fully saturated rings. The molecule has 3 nitrogen and oxygen atoms in total. The van der Waals surface area contributed by atoms with Crippen molar-refractivity contribution in [1.29, 1.82) is 0 Å². The molecular weight excluding hydrogens is 334 g/mol. The first-order chi connectivity index (χ1) is 7.54. The number of nitrogens with zero attached hydrogens (tertiary/aromatic N) is 1. The molecule has 0 spiro atoms. The van der Waals surface area contributed by atoms with Gasteiger partial charge in [0.25, 0.3) is 0 Å². The number of pyridine rings is 1. The predicted molar refractivity (Wildman–Crippen MR) is 73.8 cm³/mol. The molecule has 90 valence electrons. The van der Waals surface area contributed by atoms with E-state index < -0.39 is 0 Å². The normalized spacial score (nSPS) is 13.1. The third kappa shape index (κ3) is 4.13. The minimum Gasteiger partial charge on any atom is -0.271 e. The lowest BCUT2D eigenvalue weighted by molar-refractivity contribution is 0.440. The molecule has 1 atom stereocenters. The number of aromatic nitrogens is 1. The molecule has 0 aliphatic carbocycles. The maximum Gasteiger partial charge on any atom is 0.0729 e. The van der Waals surface area contributed by atoms with Gasteiger partial charge in [0.15, 0.2) is 0 Å². The van der Waals surface area contributed by atoms with Gasteiger partial charge < -0.3 is 0 Å². The summed E-state index contributed by atoms with van der Waals surface area (Å²) in [5.41, 5.74) is 3.79. The van der Waals surface area contributed by atoms with Crippen LogP contribution in [-0.2, 0) is 0 Å². The number of halogens is 2. The fraction of sp³-hybridized carbons (Fsp3) is 0.545. The van der Waals surface area contributed by atoms with Crippen LogP contribution in [0.25, 0.3) is 0 Å². The van der Waals surface area contributed by atoms with E-state index >= 15 is 0 Å². The molecule has 1 rings (SSSR count). The van der Waals surface area contributed by atoms with Crippen molar-refractivity contribution in [2.75, 3.05) is 0 Å². The second-order valence-electron chi connectivity index (χ2n) is 4.21. The van der Waals surface area contributed by atoms with Gasteiger partial charge in [-0.3, -0.25) is 16.3 Å². The average Bonchev–Trinajstić information content (AvgIpc) is 2.21. The maximum atomic E-state index is 5.58. The van der Waals surface area contributed by atoms with Crippen LogP contribution < -0.4 is 11.3 Å². The van der Waals surface area contributed by atoms with Gasteiger partial charge in [0.05, 0.1) is 11.7 Å². The molecule has 1 aromatic heterocycles. The Morgan fingerprint density at radius 1 is 1.38 bits per heavy atom. The quantitative estimate of drug-likeness (QED) is 0.630. The van der Waals surface area contributed by atoms with E-state index in [0.29, 0.717) is 5.92 Å². The van der Waals surface area contributed by atoms with Crippen molar-refractivity contribution in [3.05, 3.63) is 26.9 Å². The lowest BCUT2D eigenvalue weighted by atomic mass is 10.0. The Hall–Kier alpha value is 0.0300. The second kappa shape index (κ2) is 6.69. The molecule has 16 heavy (non-hydrogen) atoms. The van der Waals surface area contributed by atoms with Crippen LogP contribution in [0.5, 0.6) is 0 Å². The van der Waals surface area contributed by atoms with Crippen LogP contribution in [0.4, 0.5) is 0 Å². The fourth-order valence-electron chi connectivity index (χ4n) is 1.48. The number of hydrazine groups is 1. The third-order valence-electron chi connectivity index (χ3n) is 2.40. The van der Waals surface area contributed by atoms with Crippen molar-refractivity contribution in [3.8, 4) is 0 Å². The summed E-state index contributed by atoms with van der Waals surface area (Å²) in [7, 11) is 0. The van der Waals surface area contributed by atoms with Gasteiger partial charge >= 0.3 is 0 Å². The zero-order valence-electron chi connectivity index (χ0n) is 9.50. The molecular formula is C11H17Br2N3. The molecule has 1 aromatic rings. The van der Waals surface area contributed by atoms with Crippen LogP contribution in [0.2, 0.25) is 0 Å². The Morgan fingerprint density at radius 2 is 2.06 bits per heavy atom. The number of rotatable bonds is 5. The van der Waals surface area contributed by atoms with Crippen molar-refractivity contribution in [2.45, 2.75) is 32.7 Å². The zero-order valence-corrected chi connectivity index (χ0v) is 12.7. The molecule has 3 N–H and O–H groups in total. The van der Waals surface area contributed by atoms with E-state index in [2.05, 4.69) is 56.1 Å². The molecule has 0 amide bonds. The second-order valence-corrected chi connectivity index (χ2v) is 5.98. The van der Waals surface area contributed by atoms with Gasteiger partial charge in [-0.15, -0.1) is 0 Å². The summed E-state index contributed by atoms with van der Waals surface area (Å²) >= 11 is 6.89. The van der Waals surface area contributed by atoms with Gasteiger partial charge in [0.1, 0.15) is 0 Å². The minimum absolute atomic E-state index is 0.102. The van der Waals surface area contributed by atoms with E-state index in [1.807, 2.05) is 6.07 Å². The molecule has 0 radical (unpaired) electrons. The standard InChI is InChI=1S/C11H17Br2N3/c1-7(2)3-4-10(16-14)11-9(13)5-8(12)6-15-11/h5-7,10,16H,3-4,14H2,1-2H3. The molecule has 0 aliphatic rings. The summed E-state index contributed by atoms with van der Waals surface area (Å²) in [6, 6.07) is 2.09. The summed E-state index contributed by atoms with van der Waals surface area (Å²) in [5.74, 6) is 6.25. The van der Waals surface area contributed by atoms with E-state index in [4.69, 9.17) is 5.84 Å². The third-order valence-corrected chi connectivity index (χ3v) is 3.47. The van der Waals surface area contributed by atoms with Crippen molar-refractivity contribution in [2.24, 2.45) is 11.8 Å². The highest BCUT2D eigenvalue weighted by molar-refractivity contribution is 9.11. The highest BCUT2D eigenvalue weighted by atomic mass is 79.9. The largest absolute Gasteiger partial charge is 0.271 e. The van der Waals surface area contributed by atoms with Gasteiger partial charge in [-0.2, -0.15) is 0 Å². The van der Waals surface area contributed by atoms with Gasteiger partial charge in [0.2, 0.25) is 0 Å². The average molecular weight is 351 g/mol. The molecule has 1 unspecified atom stereocenters. The van der Waals surface area contributed by atoms with Crippen LogP contribution in [0.3, 0.4) is 0 Å². The molecule has 5 heteroatoms. The smallest absolute Gasteiger partial charge is 0.0729 e. The predicted octanol–water partition coefficient (Wildman–Crippen LogP) is 3.55. The van der Waals surface area contributed by atoms with E-state index in [0.717, 1.165) is 27.5 Å². The maximum absolute atomic E-state index is 5.58. The molecule has 0 bridgehead atoms. The van der Waals surface area contributed by atoms with Crippen molar-refractivity contribution < 1.29 is 0 Å². The number of hydrogen-bond acceptors (Lipinski definition) is 3. The summed E-state index contributed by atoms with van der Waals surface area (Å²) in [6.07, 6.45) is 3.90. The van der Waals surface area contributed by atoms with Crippen molar-refractivity contribution in [3.63, 3.8) is 0 Å². The fourth-order valence-corrected chi connectivity index (χ4v) is 2.74. The number of nitrogens with two attached hydrogens (primary N) is 1. The van der Waals surface area contributed by atoms with Crippen LogP contribution in [0, 0.1) is 5.92 Å². The lowest BCUT2D eigenvalue weighted by Crippen LogP contribution is -2.29. The topological polar surface area (TPSA) is 50.9 Å². The van der Waals surface area contributed by atoms with E-state index in [1.165, 1.54) is 0 Å². The zero-order chi connectivity index (χ0) is 12.1. The summed E-state index contributed by atoms with van der Waals surface area (Å²) in [4.78, 5) is 4.39. The Balaban J connectivity index is 2.78. The Bertz CT molecular complexity index is 342. The van der Waals surface area contributed by atoms with Gasteiger partial charge in [-0.05, 0) is 56.7 Å². The van der Waals surface area contributed by atoms with Crippen molar-refractivity contribution in [1.82, 2.24) is 10.4 Å². The molecule has 0 saturated carbocycles. The minimum atomic E-state index is 0.102. The highest BCUT2D eigenvalue weighted by Crippen LogP contribution is 2.27. The monoisotopic (exact) mass is 349 g/mol. The first-order valence-electron chi connectivity index (χ1n) is 5.31. The highest BCUT2D eigenvalue weighted by Gasteiger charge is 2.15. The van der Waals surface area contributed by atoms with Crippen LogP contribution in [-0.4, -0.2) is 4.98 Å². The van der Waals surface area contributed by atoms with Gasteiger partial charge in [-0.25, -0.2) is 0 Å². The van der Waals surface area contributed by atoms with E-state index in [1.54, 1.807) is 6.20 Å². The van der Waals surface area contributed by atoms with Gasteiger partial charge in [0, 0.05) is 15.1 Å². The summed E-state index contributed by atoms with van der Waals surface area (Å²) in [6.45, 7) is 4.41.